The number of anilines is 1. The van der Waals surface area contributed by atoms with Crippen LogP contribution in [0.25, 0.3) is 0 Å². The molecule has 0 radical (unpaired) electrons. The minimum absolute atomic E-state index is 0.0152. The summed E-state index contributed by atoms with van der Waals surface area (Å²) in [7, 11) is -7.49. The summed E-state index contributed by atoms with van der Waals surface area (Å²) in [6.45, 7) is 0. The summed E-state index contributed by atoms with van der Waals surface area (Å²) >= 11 is 0. The van der Waals surface area contributed by atoms with Crippen molar-refractivity contribution in [1.82, 2.24) is 0 Å². The van der Waals surface area contributed by atoms with E-state index in [1.54, 1.807) is 0 Å². The van der Waals surface area contributed by atoms with Gasteiger partial charge in [0.2, 0.25) is 20.0 Å². The van der Waals surface area contributed by atoms with Crippen LogP contribution in [0.2, 0.25) is 0 Å². The molecule has 0 bridgehead atoms. The van der Waals surface area contributed by atoms with E-state index in [9.17, 15) is 16.8 Å². The lowest BCUT2D eigenvalue weighted by Crippen LogP contribution is -2.11. The molecule has 9 nitrogen and oxygen atoms in total. The molecule has 0 unspecified atom stereocenters. The number of nitrogens with zero attached hydrogens (tertiary/aromatic N) is 2. The third-order valence-corrected chi connectivity index (χ3v) is 4.55. The molecule has 2 rings (SSSR count). The second-order valence-electron chi connectivity index (χ2n) is 4.42. The third-order valence-electron chi connectivity index (χ3n) is 2.69. The van der Waals surface area contributed by atoms with E-state index < -0.39 is 20.0 Å². The molecule has 0 saturated carbocycles. The molecule has 11 heteroatoms. The van der Waals surface area contributed by atoms with E-state index in [0.29, 0.717) is 11.4 Å². The van der Waals surface area contributed by atoms with Crippen molar-refractivity contribution in [3.8, 4) is 0 Å². The molecule has 0 saturated heterocycles. The smallest absolute Gasteiger partial charge is 0.238 e. The molecule has 0 aromatic heterocycles. The van der Waals surface area contributed by atoms with Crippen molar-refractivity contribution in [2.24, 2.45) is 20.6 Å². The van der Waals surface area contributed by atoms with Gasteiger partial charge in [-0.15, -0.1) is 5.11 Å². The molecule has 122 valence electrons. The van der Waals surface area contributed by atoms with Crippen molar-refractivity contribution in [2.75, 3.05) is 5.43 Å². The van der Waals surface area contributed by atoms with Crippen molar-refractivity contribution in [3.05, 3.63) is 48.5 Å². The van der Waals surface area contributed by atoms with Gasteiger partial charge in [-0.3, -0.25) is 5.43 Å². The molecule has 0 aliphatic rings. The summed E-state index contributed by atoms with van der Waals surface area (Å²) in [5, 5.41) is 17.5. The van der Waals surface area contributed by atoms with Crippen LogP contribution >= 0.6 is 0 Å². The fourth-order valence-corrected chi connectivity index (χ4v) is 2.59. The zero-order chi connectivity index (χ0) is 17.1. The van der Waals surface area contributed by atoms with E-state index in [4.69, 9.17) is 10.3 Å². The van der Waals surface area contributed by atoms with Gasteiger partial charge in [0.05, 0.1) is 21.2 Å². The number of hydrogen-bond donors (Lipinski definition) is 3. The van der Waals surface area contributed by atoms with Gasteiger partial charge in [-0.1, -0.05) is 5.22 Å². The Labute approximate surface area is 133 Å². The highest BCUT2D eigenvalue weighted by Crippen LogP contribution is 2.17. The predicted molar refractivity (Wildman–Crippen MR) is 83.8 cm³/mol. The Morgan fingerprint density at radius 2 is 1.17 bits per heavy atom. The van der Waals surface area contributed by atoms with E-state index >= 15 is 0 Å². The molecule has 23 heavy (non-hydrogen) atoms. The van der Waals surface area contributed by atoms with Crippen molar-refractivity contribution in [1.29, 1.82) is 0 Å². The lowest BCUT2D eigenvalue weighted by Gasteiger charge is -2.01. The quantitative estimate of drug-likeness (QED) is 0.540. The van der Waals surface area contributed by atoms with Crippen molar-refractivity contribution < 1.29 is 16.8 Å². The van der Waals surface area contributed by atoms with Crippen LogP contribution in [0.5, 0.6) is 0 Å². The van der Waals surface area contributed by atoms with Gasteiger partial charge in [-0.05, 0) is 48.5 Å². The molecule has 0 aliphatic heterocycles. The molecule has 0 fully saturated rings. The summed E-state index contributed by atoms with van der Waals surface area (Å²) in [4.78, 5) is -0.0402. The number of sulfonamides is 2. The fraction of sp³-hybridized carbons (Fsp3) is 0. The molecule has 0 heterocycles. The molecular weight excluding hydrogens is 342 g/mol. The van der Waals surface area contributed by atoms with Crippen molar-refractivity contribution in [2.45, 2.75) is 9.79 Å². The van der Waals surface area contributed by atoms with E-state index in [1.165, 1.54) is 48.5 Å². The summed E-state index contributed by atoms with van der Waals surface area (Å²) in [6, 6.07) is 11.1. The number of hydrogen-bond acceptors (Lipinski definition) is 6. The molecule has 2 aromatic carbocycles. The summed E-state index contributed by atoms with van der Waals surface area (Å²) in [5.41, 5.74) is 3.51. The highest BCUT2D eigenvalue weighted by atomic mass is 32.2. The zero-order valence-electron chi connectivity index (χ0n) is 11.6. The molecular formula is C12H13N5O4S2. The molecule has 0 aliphatic carbocycles. The molecule has 0 atom stereocenters. The van der Waals surface area contributed by atoms with E-state index in [1.807, 2.05) is 0 Å². The Balaban J connectivity index is 2.04. The van der Waals surface area contributed by atoms with E-state index in [-0.39, 0.29) is 9.79 Å². The Bertz CT molecular complexity index is 920. The van der Waals surface area contributed by atoms with Gasteiger partial charge in [0.15, 0.2) is 0 Å². The van der Waals surface area contributed by atoms with Crippen LogP contribution in [0.3, 0.4) is 0 Å². The number of nitrogens with one attached hydrogen (secondary N) is 1. The fourth-order valence-electron chi connectivity index (χ4n) is 1.56. The minimum atomic E-state index is -3.75. The Morgan fingerprint density at radius 3 is 1.61 bits per heavy atom. The molecule has 5 N–H and O–H groups in total. The van der Waals surface area contributed by atoms with Gasteiger partial charge in [-0.25, -0.2) is 27.1 Å². The second-order valence-corrected chi connectivity index (χ2v) is 7.54. The summed E-state index contributed by atoms with van der Waals surface area (Å²) in [6.07, 6.45) is 0. The van der Waals surface area contributed by atoms with Crippen LogP contribution in [-0.4, -0.2) is 16.8 Å². The first-order valence-electron chi connectivity index (χ1n) is 6.09. The van der Waals surface area contributed by atoms with Crippen LogP contribution in [-0.2, 0) is 20.0 Å². The van der Waals surface area contributed by atoms with E-state index in [2.05, 4.69) is 15.8 Å². The Morgan fingerprint density at radius 1 is 0.739 bits per heavy atom. The zero-order valence-corrected chi connectivity index (χ0v) is 13.3. The van der Waals surface area contributed by atoms with Gasteiger partial charge in [0.25, 0.3) is 0 Å². The second kappa shape index (κ2) is 6.42. The van der Waals surface area contributed by atoms with Gasteiger partial charge in [-0.2, -0.15) is 0 Å². The van der Waals surface area contributed by atoms with Gasteiger partial charge in [0, 0.05) is 0 Å². The molecule has 0 amide bonds. The number of rotatable bonds is 5. The van der Waals surface area contributed by atoms with Crippen LogP contribution in [0.15, 0.2) is 68.7 Å². The standard InChI is InChI=1S/C12H13N5O4S2/c13-22(18,19)11-5-1-9(2-6-11)15-17-16-10-3-7-12(8-4-10)23(14,20)21/h1-8H,(H,15,16)(H2,13,18,19)(H2,14,20,21). The highest BCUT2D eigenvalue weighted by molar-refractivity contribution is 7.89. The normalized spacial score (nSPS) is 12.4. The highest BCUT2D eigenvalue weighted by Gasteiger charge is 2.07. The number of benzene rings is 2. The van der Waals surface area contributed by atoms with Crippen LogP contribution in [0.1, 0.15) is 0 Å². The van der Waals surface area contributed by atoms with E-state index in [0.717, 1.165) is 0 Å². The third kappa shape index (κ3) is 4.82. The predicted octanol–water partition coefficient (Wildman–Crippen LogP) is 1.09. The topological polar surface area (TPSA) is 157 Å². The minimum Gasteiger partial charge on any atom is -0.260 e. The maximum atomic E-state index is 11.1. The first-order valence-corrected chi connectivity index (χ1v) is 9.18. The summed E-state index contributed by atoms with van der Waals surface area (Å²) in [5.74, 6) is 0. The Kier molecular flexibility index (Phi) is 4.75. The average molecular weight is 355 g/mol. The maximum Gasteiger partial charge on any atom is 0.238 e. The molecule has 0 spiro atoms. The number of nitrogens with two attached hydrogens (primary N) is 2. The molecule has 2 aromatic rings. The summed E-state index contributed by atoms with van der Waals surface area (Å²) < 4.78 is 44.4. The Hall–Kier alpha value is -2.34. The van der Waals surface area contributed by atoms with Gasteiger partial charge in [0.1, 0.15) is 0 Å². The SMILES string of the molecule is NS(=O)(=O)c1ccc(N=NNc2ccc(S(N)(=O)=O)cc2)cc1. The van der Waals surface area contributed by atoms with Crippen LogP contribution in [0.4, 0.5) is 11.4 Å². The maximum absolute atomic E-state index is 11.1. The van der Waals surface area contributed by atoms with Crippen LogP contribution in [0, 0.1) is 0 Å². The van der Waals surface area contributed by atoms with Gasteiger partial charge >= 0.3 is 0 Å². The van der Waals surface area contributed by atoms with Crippen molar-refractivity contribution in [3.63, 3.8) is 0 Å². The first-order chi connectivity index (χ1) is 10.7. The van der Waals surface area contributed by atoms with Crippen molar-refractivity contribution >= 4 is 31.4 Å². The number of primary sulfonamides is 2. The van der Waals surface area contributed by atoms with Gasteiger partial charge < -0.3 is 0 Å². The monoisotopic (exact) mass is 355 g/mol. The lowest BCUT2D eigenvalue weighted by atomic mass is 10.3. The largest absolute Gasteiger partial charge is 0.260 e. The average Bonchev–Trinajstić information content (AvgIpc) is 2.46. The van der Waals surface area contributed by atoms with Crippen LogP contribution < -0.4 is 15.7 Å². The first kappa shape index (κ1) is 17.0. The lowest BCUT2D eigenvalue weighted by molar-refractivity contribution is 0.596.